The molecular formula is C12H18N2O5S. The highest BCUT2D eigenvalue weighted by Crippen LogP contribution is 2.26. The molecule has 0 aromatic carbocycles. The molecule has 1 unspecified atom stereocenters. The number of hydrogen-bond donors (Lipinski definition) is 2. The Hall–Kier alpha value is -1.38. The van der Waals surface area contributed by atoms with E-state index in [-0.39, 0.29) is 17.7 Å². The zero-order chi connectivity index (χ0) is 14.9. The first kappa shape index (κ1) is 15.0. The van der Waals surface area contributed by atoms with E-state index in [9.17, 15) is 13.2 Å². The molecule has 0 saturated heterocycles. The highest BCUT2D eigenvalue weighted by atomic mass is 32.2. The van der Waals surface area contributed by atoms with Gasteiger partial charge in [0.1, 0.15) is 0 Å². The maximum Gasteiger partial charge on any atom is 0.371 e. The second kappa shape index (κ2) is 5.55. The Kier molecular flexibility index (Phi) is 4.17. The number of carboxylic acids is 1. The third-order valence-corrected chi connectivity index (χ3v) is 4.74. The van der Waals surface area contributed by atoms with Crippen LogP contribution in [0.1, 0.15) is 30.3 Å². The maximum atomic E-state index is 12.0. The van der Waals surface area contributed by atoms with Gasteiger partial charge in [0.25, 0.3) is 10.0 Å². The quantitative estimate of drug-likeness (QED) is 0.770. The van der Waals surface area contributed by atoms with Crippen molar-refractivity contribution in [3.05, 3.63) is 17.9 Å². The Morgan fingerprint density at radius 3 is 2.70 bits per heavy atom. The smallest absolute Gasteiger partial charge is 0.371 e. The van der Waals surface area contributed by atoms with E-state index in [1.54, 1.807) is 0 Å². The van der Waals surface area contributed by atoms with Gasteiger partial charge in [0.2, 0.25) is 10.9 Å². The third-order valence-electron chi connectivity index (χ3n) is 3.44. The molecule has 1 fully saturated rings. The summed E-state index contributed by atoms with van der Waals surface area (Å²) < 4.78 is 31.2. The lowest BCUT2D eigenvalue weighted by molar-refractivity contribution is 0.0656. The second-order valence-corrected chi connectivity index (χ2v) is 6.72. The van der Waals surface area contributed by atoms with E-state index in [0.717, 1.165) is 25.0 Å². The first-order chi connectivity index (χ1) is 9.31. The van der Waals surface area contributed by atoms with E-state index in [1.807, 2.05) is 14.0 Å². The first-order valence-electron chi connectivity index (χ1n) is 6.36. The minimum absolute atomic E-state index is 0.0613. The van der Waals surface area contributed by atoms with Crippen LogP contribution in [0.4, 0.5) is 0 Å². The average molecular weight is 302 g/mol. The zero-order valence-corrected chi connectivity index (χ0v) is 12.2. The topological polar surface area (TPSA) is 99.8 Å². The van der Waals surface area contributed by atoms with Gasteiger partial charge in [-0.2, -0.15) is 0 Å². The van der Waals surface area contributed by atoms with E-state index in [0.29, 0.717) is 6.04 Å². The van der Waals surface area contributed by atoms with Crippen LogP contribution >= 0.6 is 0 Å². The van der Waals surface area contributed by atoms with Crippen molar-refractivity contribution >= 4 is 16.0 Å². The van der Waals surface area contributed by atoms with Crippen molar-refractivity contribution in [1.29, 1.82) is 0 Å². The summed E-state index contributed by atoms with van der Waals surface area (Å²) in [7, 11) is -1.85. The SMILES string of the molecule is CC(CNS(=O)(=O)c1ccc(C(=O)O)o1)N(C)C1CC1. The van der Waals surface area contributed by atoms with Gasteiger partial charge >= 0.3 is 5.97 Å². The number of aromatic carboxylic acids is 1. The van der Waals surface area contributed by atoms with Gasteiger partial charge in [-0.25, -0.2) is 17.9 Å². The Labute approximate surface area is 117 Å². The molecule has 0 aliphatic heterocycles. The molecule has 20 heavy (non-hydrogen) atoms. The number of furan rings is 1. The highest BCUT2D eigenvalue weighted by Gasteiger charge is 2.30. The number of sulfonamides is 1. The van der Waals surface area contributed by atoms with Crippen molar-refractivity contribution in [1.82, 2.24) is 9.62 Å². The molecule has 8 heteroatoms. The summed E-state index contributed by atoms with van der Waals surface area (Å²) in [4.78, 5) is 12.8. The van der Waals surface area contributed by atoms with Crippen LogP contribution in [0.15, 0.2) is 21.6 Å². The molecule has 1 aliphatic rings. The van der Waals surface area contributed by atoms with Crippen LogP contribution in [0.2, 0.25) is 0 Å². The molecule has 112 valence electrons. The molecule has 2 N–H and O–H groups in total. The molecule has 7 nitrogen and oxygen atoms in total. The molecule has 1 aliphatic carbocycles. The summed E-state index contributed by atoms with van der Waals surface area (Å²) in [5.41, 5.74) is 0. The summed E-state index contributed by atoms with van der Waals surface area (Å²) in [6.07, 6.45) is 2.29. The van der Waals surface area contributed by atoms with E-state index in [1.165, 1.54) is 0 Å². The van der Waals surface area contributed by atoms with Crippen molar-refractivity contribution in [2.75, 3.05) is 13.6 Å². The van der Waals surface area contributed by atoms with Gasteiger partial charge in [0.05, 0.1) is 0 Å². The molecule has 1 saturated carbocycles. The van der Waals surface area contributed by atoms with Gasteiger partial charge in [-0.05, 0) is 38.9 Å². The summed E-state index contributed by atoms with van der Waals surface area (Å²) in [6, 6.07) is 2.86. The lowest BCUT2D eigenvalue weighted by atomic mass is 10.3. The Morgan fingerprint density at radius 1 is 1.55 bits per heavy atom. The fourth-order valence-electron chi connectivity index (χ4n) is 1.87. The van der Waals surface area contributed by atoms with Crippen molar-refractivity contribution in [2.45, 2.75) is 36.9 Å². The van der Waals surface area contributed by atoms with E-state index in [4.69, 9.17) is 9.52 Å². The number of likely N-dealkylation sites (N-methyl/N-ethyl adjacent to an activating group) is 1. The van der Waals surface area contributed by atoms with Crippen LogP contribution in [-0.2, 0) is 10.0 Å². The van der Waals surface area contributed by atoms with Crippen LogP contribution in [0.3, 0.4) is 0 Å². The zero-order valence-electron chi connectivity index (χ0n) is 11.4. The summed E-state index contributed by atoms with van der Waals surface area (Å²) in [6.45, 7) is 2.18. The summed E-state index contributed by atoms with van der Waals surface area (Å²) in [5.74, 6) is -1.69. The molecule has 0 spiro atoms. The number of carboxylic acid groups (broad SMARTS) is 1. The number of carbonyl (C=O) groups is 1. The van der Waals surface area contributed by atoms with Crippen molar-refractivity contribution in [3.63, 3.8) is 0 Å². The monoisotopic (exact) mass is 302 g/mol. The van der Waals surface area contributed by atoms with Crippen molar-refractivity contribution in [2.24, 2.45) is 0 Å². The fraction of sp³-hybridized carbons (Fsp3) is 0.583. The lowest BCUT2D eigenvalue weighted by Gasteiger charge is -2.24. The number of nitrogens with one attached hydrogen (secondary N) is 1. The molecule has 0 bridgehead atoms. The van der Waals surface area contributed by atoms with Crippen LogP contribution in [-0.4, -0.2) is 50.1 Å². The van der Waals surface area contributed by atoms with Gasteiger partial charge in [0, 0.05) is 18.6 Å². The molecular weight excluding hydrogens is 284 g/mol. The second-order valence-electron chi connectivity index (χ2n) is 5.02. The van der Waals surface area contributed by atoms with Gasteiger partial charge in [0.15, 0.2) is 0 Å². The highest BCUT2D eigenvalue weighted by molar-refractivity contribution is 7.89. The summed E-state index contributed by atoms with van der Waals surface area (Å²) in [5, 5.41) is 8.33. The van der Waals surface area contributed by atoms with Gasteiger partial charge < -0.3 is 9.52 Å². The first-order valence-corrected chi connectivity index (χ1v) is 7.84. The molecule has 1 heterocycles. The number of nitrogens with zero attached hydrogens (tertiary/aromatic N) is 1. The van der Waals surface area contributed by atoms with Crippen molar-refractivity contribution < 1.29 is 22.7 Å². The lowest BCUT2D eigenvalue weighted by Crippen LogP contribution is -2.41. The van der Waals surface area contributed by atoms with E-state index >= 15 is 0 Å². The van der Waals surface area contributed by atoms with Gasteiger partial charge in [-0.1, -0.05) is 0 Å². The Morgan fingerprint density at radius 2 is 2.20 bits per heavy atom. The van der Waals surface area contributed by atoms with E-state index < -0.39 is 21.8 Å². The van der Waals surface area contributed by atoms with E-state index in [2.05, 4.69) is 9.62 Å². The Bertz CT molecular complexity index is 591. The van der Waals surface area contributed by atoms with Crippen LogP contribution in [0, 0.1) is 0 Å². The summed E-state index contributed by atoms with van der Waals surface area (Å²) >= 11 is 0. The Balaban J connectivity index is 1.97. The minimum Gasteiger partial charge on any atom is -0.475 e. The average Bonchev–Trinajstić information content (AvgIpc) is 3.10. The van der Waals surface area contributed by atoms with Crippen molar-refractivity contribution in [3.8, 4) is 0 Å². The number of rotatable bonds is 7. The molecule has 0 radical (unpaired) electrons. The predicted molar refractivity (Wildman–Crippen MR) is 71.1 cm³/mol. The van der Waals surface area contributed by atoms with Crippen LogP contribution in [0.5, 0.6) is 0 Å². The molecule has 0 amide bonds. The van der Waals surface area contributed by atoms with Crippen LogP contribution < -0.4 is 4.72 Å². The standard InChI is InChI=1S/C12H18N2O5S/c1-8(14(2)9-3-4-9)7-13-20(17,18)11-6-5-10(19-11)12(15)16/h5-6,8-9,13H,3-4,7H2,1-2H3,(H,15,16). The minimum atomic E-state index is -3.81. The largest absolute Gasteiger partial charge is 0.475 e. The predicted octanol–water partition coefficient (Wildman–Crippen LogP) is 0.739. The van der Waals surface area contributed by atoms with Gasteiger partial charge in [-0.15, -0.1) is 0 Å². The number of hydrogen-bond acceptors (Lipinski definition) is 5. The molecule has 1 aromatic rings. The third kappa shape index (κ3) is 3.38. The fourth-order valence-corrected chi connectivity index (χ4v) is 2.92. The molecule has 1 aromatic heterocycles. The maximum absolute atomic E-state index is 12.0. The normalized spacial score (nSPS) is 17.4. The molecule has 2 rings (SSSR count). The van der Waals surface area contributed by atoms with Gasteiger partial charge in [-0.3, -0.25) is 4.90 Å². The van der Waals surface area contributed by atoms with Crippen LogP contribution in [0.25, 0.3) is 0 Å². The molecule has 1 atom stereocenters.